The first-order chi connectivity index (χ1) is 7.72. The van der Waals surface area contributed by atoms with Gasteiger partial charge in [-0.05, 0) is 24.6 Å². The van der Waals surface area contributed by atoms with Gasteiger partial charge in [0.05, 0.1) is 0 Å². The summed E-state index contributed by atoms with van der Waals surface area (Å²) in [6.07, 6.45) is 3.37. The highest BCUT2D eigenvalue weighted by Gasteiger charge is 2.04. The second-order valence-corrected chi connectivity index (χ2v) is 3.61. The smallest absolute Gasteiger partial charge is 0.217 e. The van der Waals surface area contributed by atoms with Gasteiger partial charge in [0.15, 0.2) is 0 Å². The number of nitriles is 1. The molecule has 0 unspecified atom stereocenters. The van der Waals surface area contributed by atoms with Gasteiger partial charge in [0, 0.05) is 24.1 Å². The summed E-state index contributed by atoms with van der Waals surface area (Å²) in [4.78, 5) is 3.95. The van der Waals surface area contributed by atoms with Gasteiger partial charge in [-0.3, -0.25) is 4.57 Å². The van der Waals surface area contributed by atoms with Gasteiger partial charge in [0.2, 0.25) is 5.82 Å². The highest BCUT2D eigenvalue weighted by atomic mass is 15.1. The quantitative estimate of drug-likeness (QED) is 0.824. The lowest BCUT2D eigenvalue weighted by Gasteiger charge is -2.07. The van der Waals surface area contributed by atoms with E-state index in [9.17, 15) is 0 Å². The summed E-state index contributed by atoms with van der Waals surface area (Å²) in [6.45, 7) is 1.94. The molecule has 1 atom stereocenters. The fourth-order valence-electron chi connectivity index (χ4n) is 1.53. The molecule has 0 bridgehead atoms. The van der Waals surface area contributed by atoms with Crippen LogP contribution in [0.25, 0.3) is 5.69 Å². The van der Waals surface area contributed by atoms with Crippen molar-refractivity contribution in [3.05, 3.63) is 48.0 Å². The number of benzene rings is 1. The van der Waals surface area contributed by atoms with Crippen LogP contribution in [0.3, 0.4) is 0 Å². The van der Waals surface area contributed by atoms with E-state index in [1.807, 2.05) is 37.3 Å². The van der Waals surface area contributed by atoms with Crippen molar-refractivity contribution in [3.8, 4) is 11.8 Å². The van der Waals surface area contributed by atoms with Gasteiger partial charge in [-0.15, -0.1) is 0 Å². The molecular formula is C12H12N4. The second kappa shape index (κ2) is 4.17. The molecule has 0 spiro atoms. The van der Waals surface area contributed by atoms with Crippen molar-refractivity contribution in [2.24, 2.45) is 5.73 Å². The van der Waals surface area contributed by atoms with E-state index in [0.717, 1.165) is 11.3 Å². The molecular weight excluding hydrogens is 200 g/mol. The van der Waals surface area contributed by atoms with Crippen LogP contribution in [0.5, 0.6) is 0 Å². The minimum atomic E-state index is 0.0206. The molecule has 0 aliphatic rings. The van der Waals surface area contributed by atoms with Gasteiger partial charge in [-0.1, -0.05) is 12.1 Å². The fourth-order valence-corrected chi connectivity index (χ4v) is 1.53. The van der Waals surface area contributed by atoms with E-state index in [1.54, 1.807) is 17.0 Å². The zero-order valence-electron chi connectivity index (χ0n) is 8.96. The third-order valence-electron chi connectivity index (χ3n) is 2.44. The van der Waals surface area contributed by atoms with Gasteiger partial charge < -0.3 is 5.73 Å². The number of nitrogens with two attached hydrogens (primary N) is 1. The Bertz CT molecular complexity index is 517. The lowest BCUT2D eigenvalue weighted by molar-refractivity contribution is 0.817. The second-order valence-electron chi connectivity index (χ2n) is 3.61. The molecule has 0 aliphatic carbocycles. The van der Waals surface area contributed by atoms with Gasteiger partial charge in [0.25, 0.3) is 0 Å². The molecule has 4 nitrogen and oxygen atoms in total. The van der Waals surface area contributed by atoms with E-state index in [1.165, 1.54) is 0 Å². The maximum absolute atomic E-state index is 8.86. The molecule has 1 aromatic heterocycles. The molecule has 0 radical (unpaired) electrons. The number of rotatable bonds is 2. The highest BCUT2D eigenvalue weighted by Crippen LogP contribution is 2.14. The van der Waals surface area contributed by atoms with Crippen molar-refractivity contribution in [2.45, 2.75) is 13.0 Å². The van der Waals surface area contributed by atoms with Crippen LogP contribution in [0.1, 0.15) is 24.4 Å². The molecule has 16 heavy (non-hydrogen) atoms. The molecule has 0 saturated carbocycles. The highest BCUT2D eigenvalue weighted by molar-refractivity contribution is 5.38. The first kappa shape index (κ1) is 10.4. The van der Waals surface area contributed by atoms with Crippen molar-refractivity contribution in [1.29, 1.82) is 5.26 Å². The van der Waals surface area contributed by atoms with Gasteiger partial charge in [-0.25, -0.2) is 4.98 Å². The summed E-state index contributed by atoms with van der Waals surface area (Å²) in [7, 11) is 0. The average Bonchev–Trinajstić information content (AvgIpc) is 2.77. The van der Waals surface area contributed by atoms with Crippen LogP contribution in [0.2, 0.25) is 0 Å². The topological polar surface area (TPSA) is 67.6 Å². The predicted octanol–water partition coefficient (Wildman–Crippen LogP) is 1.76. The zero-order chi connectivity index (χ0) is 11.5. The number of nitrogens with zero attached hydrogens (tertiary/aromatic N) is 3. The van der Waals surface area contributed by atoms with E-state index < -0.39 is 0 Å². The van der Waals surface area contributed by atoms with E-state index in [-0.39, 0.29) is 6.04 Å². The SMILES string of the molecule is C[C@@H](N)c1ccc(-n2ccnc2C#N)cc1. The minimum absolute atomic E-state index is 0.0206. The van der Waals surface area contributed by atoms with Crippen molar-refractivity contribution in [3.63, 3.8) is 0 Å². The number of hydrogen-bond donors (Lipinski definition) is 1. The van der Waals surface area contributed by atoms with Crippen LogP contribution in [0.4, 0.5) is 0 Å². The Hall–Kier alpha value is -2.12. The number of aromatic nitrogens is 2. The third kappa shape index (κ3) is 1.81. The number of imidazole rings is 1. The summed E-state index contributed by atoms with van der Waals surface area (Å²) >= 11 is 0. The molecule has 0 amide bonds. The Morgan fingerprint density at radius 3 is 2.62 bits per heavy atom. The lowest BCUT2D eigenvalue weighted by Crippen LogP contribution is -2.05. The minimum Gasteiger partial charge on any atom is -0.324 e. The molecule has 0 fully saturated rings. The summed E-state index contributed by atoms with van der Waals surface area (Å²) < 4.78 is 1.74. The van der Waals surface area contributed by atoms with Gasteiger partial charge >= 0.3 is 0 Å². The van der Waals surface area contributed by atoms with Crippen LogP contribution >= 0.6 is 0 Å². The maximum Gasteiger partial charge on any atom is 0.217 e. The Morgan fingerprint density at radius 2 is 2.06 bits per heavy atom. The van der Waals surface area contributed by atoms with Crippen molar-refractivity contribution < 1.29 is 0 Å². The van der Waals surface area contributed by atoms with E-state index in [4.69, 9.17) is 11.0 Å². The average molecular weight is 212 g/mol. The third-order valence-corrected chi connectivity index (χ3v) is 2.44. The molecule has 4 heteroatoms. The summed E-state index contributed by atoms with van der Waals surface area (Å²) in [5, 5.41) is 8.86. The monoisotopic (exact) mass is 212 g/mol. The largest absolute Gasteiger partial charge is 0.324 e. The van der Waals surface area contributed by atoms with Crippen molar-refractivity contribution >= 4 is 0 Å². The lowest BCUT2D eigenvalue weighted by atomic mass is 10.1. The molecule has 0 saturated heterocycles. The molecule has 2 N–H and O–H groups in total. The molecule has 80 valence electrons. The predicted molar refractivity (Wildman–Crippen MR) is 60.9 cm³/mol. The Labute approximate surface area is 94.0 Å². The Morgan fingerprint density at radius 1 is 1.38 bits per heavy atom. The van der Waals surface area contributed by atoms with Crippen molar-refractivity contribution in [2.75, 3.05) is 0 Å². The molecule has 1 aromatic carbocycles. The van der Waals surface area contributed by atoms with Crippen LogP contribution < -0.4 is 5.73 Å². The normalized spacial score (nSPS) is 12.1. The van der Waals surface area contributed by atoms with E-state index in [2.05, 4.69) is 4.98 Å². The van der Waals surface area contributed by atoms with Crippen molar-refractivity contribution in [1.82, 2.24) is 9.55 Å². The van der Waals surface area contributed by atoms with Crippen LogP contribution in [-0.4, -0.2) is 9.55 Å². The molecule has 0 aliphatic heterocycles. The number of hydrogen-bond acceptors (Lipinski definition) is 3. The first-order valence-electron chi connectivity index (χ1n) is 5.01. The summed E-state index contributed by atoms with van der Waals surface area (Å²) in [5.74, 6) is 0.383. The summed E-state index contributed by atoms with van der Waals surface area (Å²) in [5.41, 5.74) is 7.75. The zero-order valence-corrected chi connectivity index (χ0v) is 8.96. The van der Waals surface area contributed by atoms with Crippen LogP contribution in [0, 0.1) is 11.3 Å². The van der Waals surface area contributed by atoms with E-state index in [0.29, 0.717) is 5.82 Å². The molecule has 2 rings (SSSR count). The molecule has 2 aromatic rings. The van der Waals surface area contributed by atoms with Crippen LogP contribution in [0.15, 0.2) is 36.7 Å². The Kier molecular flexibility index (Phi) is 2.71. The van der Waals surface area contributed by atoms with Crippen LogP contribution in [-0.2, 0) is 0 Å². The van der Waals surface area contributed by atoms with Gasteiger partial charge in [-0.2, -0.15) is 5.26 Å². The molecule has 1 heterocycles. The maximum atomic E-state index is 8.86. The fraction of sp³-hybridized carbons (Fsp3) is 0.167. The summed E-state index contributed by atoms with van der Waals surface area (Å²) in [6, 6.07) is 9.84. The standard InChI is InChI=1S/C12H12N4/c1-9(14)10-2-4-11(5-3-10)16-7-6-15-12(16)8-13/h2-7,9H,14H2,1H3/t9-/m1/s1. The Balaban J connectivity index is 2.39. The van der Waals surface area contributed by atoms with Gasteiger partial charge in [0.1, 0.15) is 6.07 Å². The first-order valence-corrected chi connectivity index (χ1v) is 5.01. The van der Waals surface area contributed by atoms with E-state index >= 15 is 0 Å².